The van der Waals surface area contributed by atoms with Gasteiger partial charge in [0.1, 0.15) is 5.75 Å². The molecular weight excluding hydrogens is 266 g/mol. The number of thiophene rings is 1. The number of aldehydes is 1. The van der Waals surface area contributed by atoms with Crippen molar-refractivity contribution in [3.05, 3.63) is 28.6 Å². The SMILES string of the molecule is COCCNC(=O)c1cc2c(C=O)c(O)ccc2s1. The molecule has 0 bridgehead atoms. The Morgan fingerprint density at radius 2 is 2.32 bits per heavy atom. The third kappa shape index (κ3) is 2.74. The van der Waals surface area contributed by atoms with Gasteiger partial charge in [0, 0.05) is 23.7 Å². The van der Waals surface area contributed by atoms with Crippen molar-refractivity contribution in [1.82, 2.24) is 5.32 Å². The lowest BCUT2D eigenvalue weighted by Gasteiger charge is -2.01. The summed E-state index contributed by atoms with van der Waals surface area (Å²) in [7, 11) is 1.56. The fourth-order valence-electron chi connectivity index (χ4n) is 1.71. The molecule has 1 aromatic carbocycles. The molecule has 2 rings (SSSR count). The number of aromatic hydroxyl groups is 1. The minimum absolute atomic E-state index is 0.0772. The first-order chi connectivity index (χ1) is 9.17. The molecule has 1 heterocycles. The average Bonchev–Trinajstić information content (AvgIpc) is 2.83. The number of rotatable bonds is 5. The third-order valence-electron chi connectivity index (χ3n) is 2.65. The summed E-state index contributed by atoms with van der Waals surface area (Å²) >= 11 is 1.28. The number of carbonyl (C=O) groups excluding carboxylic acids is 2. The summed E-state index contributed by atoms with van der Waals surface area (Å²) in [6, 6.07) is 4.76. The highest BCUT2D eigenvalue weighted by Crippen LogP contribution is 2.32. The maximum atomic E-state index is 11.9. The highest BCUT2D eigenvalue weighted by molar-refractivity contribution is 7.20. The van der Waals surface area contributed by atoms with Crippen molar-refractivity contribution in [3.8, 4) is 5.75 Å². The van der Waals surface area contributed by atoms with Gasteiger partial charge in [-0.2, -0.15) is 0 Å². The molecule has 0 unspecified atom stereocenters. The number of ether oxygens (including phenoxy) is 1. The molecule has 19 heavy (non-hydrogen) atoms. The lowest BCUT2D eigenvalue weighted by atomic mass is 10.1. The summed E-state index contributed by atoms with van der Waals surface area (Å²) in [6.45, 7) is 0.867. The molecule has 0 aliphatic rings. The first-order valence-electron chi connectivity index (χ1n) is 5.65. The molecule has 1 aromatic heterocycles. The number of phenolic OH excluding ortho intramolecular Hbond substituents is 1. The van der Waals surface area contributed by atoms with Crippen LogP contribution in [0.25, 0.3) is 10.1 Å². The fraction of sp³-hybridized carbons (Fsp3) is 0.231. The first-order valence-corrected chi connectivity index (χ1v) is 6.47. The molecule has 2 aromatic rings. The van der Waals surface area contributed by atoms with Crippen molar-refractivity contribution in [1.29, 1.82) is 0 Å². The van der Waals surface area contributed by atoms with E-state index in [9.17, 15) is 14.7 Å². The summed E-state index contributed by atoms with van der Waals surface area (Å²) in [5, 5.41) is 12.9. The van der Waals surface area contributed by atoms with Crippen LogP contribution in [0.2, 0.25) is 0 Å². The van der Waals surface area contributed by atoms with Gasteiger partial charge in [-0.05, 0) is 18.2 Å². The van der Waals surface area contributed by atoms with Gasteiger partial charge < -0.3 is 15.2 Å². The van der Waals surface area contributed by atoms with Crippen molar-refractivity contribution < 1.29 is 19.4 Å². The third-order valence-corrected chi connectivity index (χ3v) is 3.75. The van der Waals surface area contributed by atoms with Crippen LogP contribution < -0.4 is 5.32 Å². The van der Waals surface area contributed by atoms with Gasteiger partial charge in [0.2, 0.25) is 0 Å². The summed E-state index contributed by atoms with van der Waals surface area (Å²) in [4.78, 5) is 23.3. The zero-order valence-corrected chi connectivity index (χ0v) is 11.1. The minimum atomic E-state index is -0.213. The molecule has 0 saturated heterocycles. The second kappa shape index (κ2) is 5.81. The zero-order chi connectivity index (χ0) is 13.8. The predicted octanol–water partition coefficient (Wildman–Crippen LogP) is 1.80. The van der Waals surface area contributed by atoms with E-state index >= 15 is 0 Å². The van der Waals surface area contributed by atoms with Crippen LogP contribution in [0.15, 0.2) is 18.2 Å². The molecular formula is C13H13NO4S. The van der Waals surface area contributed by atoms with E-state index in [1.807, 2.05) is 0 Å². The number of fused-ring (bicyclic) bond motifs is 1. The fourth-order valence-corrected chi connectivity index (χ4v) is 2.70. The average molecular weight is 279 g/mol. The second-order valence-corrected chi connectivity index (χ2v) is 4.97. The molecule has 6 heteroatoms. The molecule has 2 N–H and O–H groups in total. The van der Waals surface area contributed by atoms with Gasteiger partial charge in [-0.1, -0.05) is 0 Å². The Morgan fingerprint density at radius 3 is 3.00 bits per heavy atom. The summed E-state index contributed by atoms with van der Waals surface area (Å²) in [5.74, 6) is -0.291. The number of phenols is 1. The molecule has 0 radical (unpaired) electrons. The Labute approximate surface area is 113 Å². The Hall–Kier alpha value is -1.92. The molecule has 0 spiro atoms. The molecule has 1 amide bonds. The Bertz CT molecular complexity index is 620. The van der Waals surface area contributed by atoms with Crippen LogP contribution in [0, 0.1) is 0 Å². The van der Waals surface area contributed by atoms with E-state index in [-0.39, 0.29) is 17.2 Å². The van der Waals surface area contributed by atoms with Crippen LogP contribution in [0.3, 0.4) is 0 Å². The van der Waals surface area contributed by atoms with Gasteiger partial charge in [0.15, 0.2) is 6.29 Å². The van der Waals surface area contributed by atoms with Crippen LogP contribution in [-0.4, -0.2) is 37.6 Å². The van der Waals surface area contributed by atoms with Gasteiger partial charge in [-0.3, -0.25) is 9.59 Å². The van der Waals surface area contributed by atoms with Crippen LogP contribution in [0.5, 0.6) is 5.75 Å². The normalized spacial score (nSPS) is 10.6. The number of methoxy groups -OCH3 is 1. The van der Waals surface area contributed by atoms with E-state index in [1.165, 1.54) is 17.4 Å². The minimum Gasteiger partial charge on any atom is -0.507 e. The quantitative estimate of drug-likeness (QED) is 0.646. The monoisotopic (exact) mass is 279 g/mol. The second-order valence-electron chi connectivity index (χ2n) is 3.89. The molecule has 0 saturated carbocycles. The van der Waals surface area contributed by atoms with Crippen LogP contribution in [0.1, 0.15) is 20.0 Å². The standard InChI is InChI=1S/C13H13NO4S/c1-18-5-4-14-13(17)12-6-8-9(7-15)10(16)2-3-11(8)19-12/h2-3,6-7,16H,4-5H2,1H3,(H,14,17). The first kappa shape index (κ1) is 13.5. The van der Waals surface area contributed by atoms with Crippen LogP contribution in [0.4, 0.5) is 0 Å². The number of carbonyl (C=O) groups is 2. The van der Waals surface area contributed by atoms with E-state index in [4.69, 9.17) is 4.74 Å². The van der Waals surface area contributed by atoms with Gasteiger partial charge in [0.25, 0.3) is 5.91 Å². The van der Waals surface area contributed by atoms with Gasteiger partial charge in [-0.15, -0.1) is 11.3 Å². The lowest BCUT2D eigenvalue weighted by Crippen LogP contribution is -2.26. The lowest BCUT2D eigenvalue weighted by molar-refractivity contribution is 0.0941. The van der Waals surface area contributed by atoms with E-state index < -0.39 is 0 Å². The topological polar surface area (TPSA) is 75.6 Å². The van der Waals surface area contributed by atoms with Gasteiger partial charge in [0.05, 0.1) is 17.0 Å². The molecule has 0 fully saturated rings. The maximum Gasteiger partial charge on any atom is 0.261 e. The van der Waals surface area contributed by atoms with Gasteiger partial charge in [-0.25, -0.2) is 0 Å². The number of hydrogen-bond donors (Lipinski definition) is 2. The maximum absolute atomic E-state index is 11.9. The van der Waals surface area contributed by atoms with E-state index in [2.05, 4.69) is 5.32 Å². The molecule has 0 aliphatic carbocycles. The summed E-state index contributed by atoms with van der Waals surface area (Å²) in [6.07, 6.45) is 0.594. The van der Waals surface area contributed by atoms with E-state index in [1.54, 1.807) is 19.2 Å². The van der Waals surface area contributed by atoms with E-state index in [0.29, 0.717) is 29.7 Å². The highest BCUT2D eigenvalue weighted by atomic mass is 32.1. The molecule has 100 valence electrons. The smallest absolute Gasteiger partial charge is 0.261 e. The van der Waals surface area contributed by atoms with Gasteiger partial charge >= 0.3 is 0 Å². The Balaban J connectivity index is 2.31. The Morgan fingerprint density at radius 1 is 1.53 bits per heavy atom. The highest BCUT2D eigenvalue weighted by Gasteiger charge is 2.14. The van der Waals surface area contributed by atoms with Crippen molar-refractivity contribution in [2.24, 2.45) is 0 Å². The number of hydrogen-bond acceptors (Lipinski definition) is 5. The Kier molecular flexibility index (Phi) is 4.13. The number of nitrogens with one attached hydrogen (secondary N) is 1. The molecule has 5 nitrogen and oxygen atoms in total. The molecule has 0 aliphatic heterocycles. The van der Waals surface area contributed by atoms with E-state index in [0.717, 1.165) is 4.70 Å². The van der Waals surface area contributed by atoms with Crippen molar-refractivity contribution >= 4 is 33.6 Å². The largest absolute Gasteiger partial charge is 0.507 e. The van der Waals surface area contributed by atoms with Crippen molar-refractivity contribution in [3.63, 3.8) is 0 Å². The van der Waals surface area contributed by atoms with Crippen LogP contribution in [-0.2, 0) is 4.74 Å². The van der Waals surface area contributed by atoms with Crippen LogP contribution >= 0.6 is 11.3 Å². The van der Waals surface area contributed by atoms with Crippen molar-refractivity contribution in [2.75, 3.05) is 20.3 Å². The molecule has 0 atom stereocenters. The number of amides is 1. The number of benzene rings is 1. The summed E-state index contributed by atoms with van der Waals surface area (Å²) in [5.41, 5.74) is 0.213. The predicted molar refractivity (Wildman–Crippen MR) is 73.1 cm³/mol. The summed E-state index contributed by atoms with van der Waals surface area (Å²) < 4.78 is 5.64. The zero-order valence-electron chi connectivity index (χ0n) is 10.3. The van der Waals surface area contributed by atoms with Crippen molar-refractivity contribution in [2.45, 2.75) is 0 Å².